The van der Waals surface area contributed by atoms with Crippen LogP contribution in [0.25, 0.3) is 11.1 Å². The number of aryl methyl sites for hydroxylation is 1. The highest BCUT2D eigenvalue weighted by atomic mass is 16.5. The number of benzene rings is 2. The molecule has 1 saturated heterocycles. The van der Waals surface area contributed by atoms with Crippen LogP contribution in [-0.4, -0.2) is 36.4 Å². The molecule has 3 nitrogen and oxygen atoms in total. The molecule has 0 aliphatic carbocycles. The maximum absolute atomic E-state index is 11.3. The molecular weight excluding hydrogens is 310 g/mol. The number of piperidine rings is 1. The van der Waals surface area contributed by atoms with Crippen molar-refractivity contribution in [2.45, 2.75) is 38.2 Å². The van der Waals surface area contributed by atoms with Crippen LogP contribution in [0.4, 0.5) is 0 Å². The molecule has 2 aromatic rings. The smallest absolute Gasteiger partial charge is 0.150 e. The van der Waals surface area contributed by atoms with E-state index in [1.165, 1.54) is 5.56 Å². The van der Waals surface area contributed by atoms with Gasteiger partial charge in [-0.25, -0.2) is 0 Å². The fourth-order valence-corrected chi connectivity index (χ4v) is 4.18. The Balaban J connectivity index is 1.59. The third-order valence-corrected chi connectivity index (χ3v) is 5.85. The van der Waals surface area contributed by atoms with Crippen molar-refractivity contribution < 1.29 is 9.53 Å². The average Bonchev–Trinajstić information content (AvgIpc) is 2.68. The molecule has 130 valence electrons. The fourth-order valence-electron chi connectivity index (χ4n) is 4.18. The summed E-state index contributed by atoms with van der Waals surface area (Å²) in [6, 6.07) is 14.1. The molecule has 1 spiro atoms. The van der Waals surface area contributed by atoms with Crippen molar-refractivity contribution in [2.24, 2.45) is 0 Å². The number of fused-ring (bicyclic) bond motifs is 1. The standard InChI is InChI=1S/C22H25NO2/c1-2-23-13-11-22(12-14-23)10-9-18-15-17(7-8-21(18)25-22)20-6-4-3-5-19(20)16-24/h3-8,15-16H,2,9-14H2,1H3. The predicted octanol–water partition coefficient (Wildman–Crippen LogP) is 4.35. The molecule has 3 heteroatoms. The monoisotopic (exact) mass is 335 g/mol. The highest BCUT2D eigenvalue weighted by molar-refractivity contribution is 5.87. The van der Waals surface area contributed by atoms with E-state index in [1.807, 2.05) is 24.3 Å². The van der Waals surface area contributed by atoms with E-state index in [4.69, 9.17) is 4.74 Å². The van der Waals surface area contributed by atoms with Crippen LogP contribution in [0.2, 0.25) is 0 Å². The normalized spacial score (nSPS) is 19.2. The average molecular weight is 335 g/mol. The zero-order valence-corrected chi connectivity index (χ0v) is 14.8. The van der Waals surface area contributed by atoms with Gasteiger partial charge in [0.05, 0.1) is 0 Å². The van der Waals surface area contributed by atoms with Crippen LogP contribution in [0, 0.1) is 0 Å². The number of carbonyl (C=O) groups is 1. The van der Waals surface area contributed by atoms with E-state index in [0.29, 0.717) is 0 Å². The lowest BCUT2D eigenvalue weighted by atomic mass is 9.82. The van der Waals surface area contributed by atoms with E-state index in [2.05, 4.69) is 30.0 Å². The van der Waals surface area contributed by atoms with Crippen molar-refractivity contribution in [1.29, 1.82) is 0 Å². The van der Waals surface area contributed by atoms with Crippen molar-refractivity contribution in [3.63, 3.8) is 0 Å². The summed E-state index contributed by atoms with van der Waals surface area (Å²) in [7, 11) is 0. The summed E-state index contributed by atoms with van der Waals surface area (Å²) in [6.07, 6.45) is 5.32. The minimum absolute atomic E-state index is 0.0287. The molecular formula is C22H25NO2. The Labute approximate surface area is 149 Å². The van der Waals surface area contributed by atoms with Crippen LogP contribution in [0.15, 0.2) is 42.5 Å². The topological polar surface area (TPSA) is 29.5 Å². The Hall–Kier alpha value is -2.13. The van der Waals surface area contributed by atoms with Gasteiger partial charge in [-0.2, -0.15) is 0 Å². The number of hydrogen-bond acceptors (Lipinski definition) is 3. The Kier molecular flexibility index (Phi) is 4.34. The van der Waals surface area contributed by atoms with E-state index >= 15 is 0 Å². The largest absolute Gasteiger partial charge is 0.487 e. The van der Waals surface area contributed by atoms with Crippen LogP contribution in [0.5, 0.6) is 5.75 Å². The number of carbonyl (C=O) groups excluding carboxylic acids is 1. The fraction of sp³-hybridized carbons (Fsp3) is 0.409. The summed E-state index contributed by atoms with van der Waals surface area (Å²) >= 11 is 0. The molecule has 0 radical (unpaired) electrons. The summed E-state index contributed by atoms with van der Waals surface area (Å²) in [5, 5.41) is 0. The van der Waals surface area contributed by atoms with Crippen LogP contribution in [-0.2, 0) is 6.42 Å². The number of ether oxygens (including phenoxy) is 1. The molecule has 0 amide bonds. The molecule has 0 atom stereocenters. The Morgan fingerprint density at radius 2 is 1.92 bits per heavy atom. The summed E-state index contributed by atoms with van der Waals surface area (Å²) in [4.78, 5) is 13.8. The summed E-state index contributed by atoms with van der Waals surface area (Å²) in [5.41, 5.74) is 4.13. The van der Waals surface area contributed by atoms with Crippen LogP contribution >= 0.6 is 0 Å². The lowest BCUT2D eigenvalue weighted by Gasteiger charge is -2.44. The second-order valence-electron chi connectivity index (χ2n) is 7.25. The molecule has 2 aliphatic heterocycles. The highest BCUT2D eigenvalue weighted by Crippen LogP contribution is 2.40. The van der Waals surface area contributed by atoms with Crippen LogP contribution in [0.1, 0.15) is 42.1 Å². The molecule has 0 unspecified atom stereocenters. The van der Waals surface area contributed by atoms with Gasteiger partial charge in [0, 0.05) is 18.7 Å². The van der Waals surface area contributed by atoms with E-state index in [-0.39, 0.29) is 5.60 Å². The van der Waals surface area contributed by atoms with Gasteiger partial charge in [0.1, 0.15) is 11.4 Å². The number of hydrogen-bond donors (Lipinski definition) is 0. The van der Waals surface area contributed by atoms with Crippen molar-refractivity contribution in [2.75, 3.05) is 19.6 Å². The Morgan fingerprint density at radius 1 is 1.12 bits per heavy atom. The molecule has 2 heterocycles. The predicted molar refractivity (Wildman–Crippen MR) is 100 cm³/mol. The number of likely N-dealkylation sites (tertiary alicyclic amines) is 1. The molecule has 2 aliphatic rings. The Morgan fingerprint density at radius 3 is 2.68 bits per heavy atom. The third-order valence-electron chi connectivity index (χ3n) is 5.85. The first-order chi connectivity index (χ1) is 12.2. The summed E-state index contributed by atoms with van der Waals surface area (Å²) < 4.78 is 6.50. The quantitative estimate of drug-likeness (QED) is 0.781. The molecule has 0 bridgehead atoms. The van der Waals surface area contributed by atoms with Gasteiger partial charge in [-0.05, 0) is 61.1 Å². The molecule has 0 aromatic heterocycles. The maximum Gasteiger partial charge on any atom is 0.150 e. The molecule has 0 N–H and O–H groups in total. The second kappa shape index (κ2) is 6.64. The van der Waals surface area contributed by atoms with Crippen molar-refractivity contribution >= 4 is 6.29 Å². The van der Waals surface area contributed by atoms with Crippen molar-refractivity contribution in [3.05, 3.63) is 53.6 Å². The van der Waals surface area contributed by atoms with Gasteiger partial charge in [-0.3, -0.25) is 4.79 Å². The highest BCUT2D eigenvalue weighted by Gasteiger charge is 2.39. The van der Waals surface area contributed by atoms with Gasteiger partial charge in [0.2, 0.25) is 0 Å². The summed E-state index contributed by atoms with van der Waals surface area (Å²) in [6.45, 7) is 5.63. The first-order valence-corrected chi connectivity index (χ1v) is 9.32. The SMILES string of the molecule is CCN1CCC2(CCc3cc(-c4ccccc4C=O)ccc3O2)CC1. The number of rotatable bonds is 3. The van der Waals surface area contributed by atoms with Crippen molar-refractivity contribution in [3.8, 4) is 16.9 Å². The maximum atomic E-state index is 11.3. The lowest BCUT2D eigenvalue weighted by Crippen LogP contribution is -2.49. The van der Waals surface area contributed by atoms with E-state index in [0.717, 1.165) is 74.0 Å². The van der Waals surface area contributed by atoms with Gasteiger partial charge in [-0.1, -0.05) is 37.3 Å². The minimum atomic E-state index is 0.0287. The number of nitrogens with zero attached hydrogens (tertiary/aromatic N) is 1. The van der Waals surface area contributed by atoms with Gasteiger partial charge in [0.25, 0.3) is 0 Å². The first kappa shape index (κ1) is 16.3. The van der Waals surface area contributed by atoms with Crippen molar-refractivity contribution in [1.82, 2.24) is 4.90 Å². The van der Waals surface area contributed by atoms with E-state index in [9.17, 15) is 4.79 Å². The number of aldehydes is 1. The third kappa shape index (κ3) is 3.09. The van der Waals surface area contributed by atoms with Crippen LogP contribution in [0.3, 0.4) is 0 Å². The van der Waals surface area contributed by atoms with Gasteiger partial charge < -0.3 is 9.64 Å². The van der Waals surface area contributed by atoms with Gasteiger partial charge in [0.15, 0.2) is 6.29 Å². The molecule has 0 saturated carbocycles. The molecule has 1 fully saturated rings. The van der Waals surface area contributed by atoms with Crippen LogP contribution < -0.4 is 4.74 Å². The van der Waals surface area contributed by atoms with E-state index in [1.54, 1.807) is 0 Å². The zero-order chi connectivity index (χ0) is 17.3. The Bertz CT molecular complexity index is 775. The van der Waals surface area contributed by atoms with Gasteiger partial charge in [-0.15, -0.1) is 0 Å². The first-order valence-electron chi connectivity index (χ1n) is 9.32. The lowest BCUT2D eigenvalue weighted by molar-refractivity contribution is -0.0132. The zero-order valence-electron chi connectivity index (χ0n) is 14.8. The summed E-state index contributed by atoms with van der Waals surface area (Å²) in [5.74, 6) is 1.03. The minimum Gasteiger partial charge on any atom is -0.487 e. The molecule has 4 rings (SSSR count). The second-order valence-corrected chi connectivity index (χ2v) is 7.25. The molecule has 25 heavy (non-hydrogen) atoms. The molecule has 2 aromatic carbocycles. The van der Waals surface area contributed by atoms with E-state index < -0.39 is 0 Å². The van der Waals surface area contributed by atoms with Gasteiger partial charge >= 0.3 is 0 Å².